The first kappa shape index (κ1) is 12.7. The van der Waals surface area contributed by atoms with Crippen LogP contribution >= 0.6 is 11.3 Å². The minimum Gasteiger partial charge on any atom is -0.302 e. The maximum atomic E-state index is 5.28. The molecule has 96 valence electrons. The molecule has 7 heteroatoms. The van der Waals surface area contributed by atoms with E-state index in [1.807, 2.05) is 0 Å². The molecule has 1 aromatic rings. The van der Waals surface area contributed by atoms with Gasteiger partial charge >= 0.3 is 0 Å². The number of likely N-dealkylation sites (tertiary alicyclic amines) is 1. The lowest BCUT2D eigenvalue weighted by Crippen LogP contribution is -2.36. The van der Waals surface area contributed by atoms with Crippen LogP contribution in [0.1, 0.15) is 17.8 Å². The summed E-state index contributed by atoms with van der Waals surface area (Å²) in [5, 5.41) is 9.69. The predicted octanol–water partition coefficient (Wildman–Crippen LogP) is 0.350. The smallest absolute Gasteiger partial charge is 0.219 e. The Morgan fingerprint density at radius 3 is 3.00 bits per heavy atom. The molecule has 0 bridgehead atoms. The number of hydrogen-bond acceptors (Lipinski definition) is 7. The largest absolute Gasteiger partial charge is 0.302 e. The van der Waals surface area contributed by atoms with E-state index in [1.54, 1.807) is 0 Å². The molecule has 1 aliphatic rings. The van der Waals surface area contributed by atoms with Gasteiger partial charge in [-0.05, 0) is 33.5 Å². The van der Waals surface area contributed by atoms with Crippen LogP contribution in [0.4, 0.5) is 5.13 Å². The van der Waals surface area contributed by atoms with E-state index in [0.717, 1.165) is 18.1 Å². The third-order valence-corrected chi connectivity index (χ3v) is 4.03. The summed E-state index contributed by atoms with van der Waals surface area (Å²) in [6.45, 7) is 3.14. The van der Waals surface area contributed by atoms with Gasteiger partial charge in [0.15, 0.2) is 0 Å². The second kappa shape index (κ2) is 5.72. The molecule has 0 radical (unpaired) electrons. The van der Waals surface area contributed by atoms with Gasteiger partial charge in [0.2, 0.25) is 5.13 Å². The number of nitrogen functional groups attached to an aromatic ring is 1. The highest BCUT2D eigenvalue weighted by molar-refractivity contribution is 7.15. The van der Waals surface area contributed by atoms with Gasteiger partial charge in [-0.2, -0.15) is 0 Å². The summed E-state index contributed by atoms with van der Waals surface area (Å²) < 4.78 is 0. The number of rotatable bonds is 5. The Morgan fingerprint density at radius 2 is 2.41 bits per heavy atom. The fraction of sp³-hybridized carbons (Fsp3) is 0.800. The first-order valence-electron chi connectivity index (χ1n) is 5.87. The van der Waals surface area contributed by atoms with Crippen molar-refractivity contribution >= 4 is 16.5 Å². The number of aromatic nitrogens is 2. The Bertz CT molecular complexity index is 354. The zero-order valence-corrected chi connectivity index (χ0v) is 11.2. The van der Waals surface area contributed by atoms with E-state index in [2.05, 4.69) is 39.5 Å². The second-order valence-corrected chi connectivity index (χ2v) is 5.68. The summed E-state index contributed by atoms with van der Waals surface area (Å²) in [7, 11) is 4.33. The maximum Gasteiger partial charge on any atom is 0.219 e. The Hall–Kier alpha value is -0.760. The Balaban J connectivity index is 1.82. The summed E-state index contributed by atoms with van der Waals surface area (Å²) in [4.78, 5) is 4.73. The molecular formula is C10H20N6S. The van der Waals surface area contributed by atoms with Gasteiger partial charge < -0.3 is 4.90 Å². The minimum atomic E-state index is 0.673. The SMILES string of the molecule is CN(Cc1nnc(NN)s1)CC1CCCN1C. The zero-order chi connectivity index (χ0) is 12.3. The van der Waals surface area contributed by atoms with Gasteiger partial charge in [0.05, 0.1) is 6.54 Å². The van der Waals surface area contributed by atoms with E-state index < -0.39 is 0 Å². The van der Waals surface area contributed by atoms with Crippen molar-refractivity contribution in [3.05, 3.63) is 5.01 Å². The number of nitrogens with zero attached hydrogens (tertiary/aromatic N) is 4. The van der Waals surface area contributed by atoms with Crippen LogP contribution in [-0.2, 0) is 6.54 Å². The molecule has 1 unspecified atom stereocenters. The highest BCUT2D eigenvalue weighted by Gasteiger charge is 2.22. The van der Waals surface area contributed by atoms with E-state index in [9.17, 15) is 0 Å². The Labute approximate surface area is 106 Å². The van der Waals surface area contributed by atoms with Gasteiger partial charge in [-0.3, -0.25) is 10.3 Å². The van der Waals surface area contributed by atoms with Crippen LogP contribution in [0.15, 0.2) is 0 Å². The topological polar surface area (TPSA) is 70.3 Å². The summed E-state index contributed by atoms with van der Waals surface area (Å²) in [6.07, 6.45) is 2.61. The van der Waals surface area contributed by atoms with Crippen molar-refractivity contribution in [2.45, 2.75) is 25.4 Å². The molecule has 0 amide bonds. The summed E-state index contributed by atoms with van der Waals surface area (Å²) in [5.41, 5.74) is 2.52. The first-order valence-corrected chi connectivity index (χ1v) is 6.68. The highest BCUT2D eigenvalue weighted by Crippen LogP contribution is 2.18. The van der Waals surface area contributed by atoms with E-state index in [4.69, 9.17) is 5.84 Å². The lowest BCUT2D eigenvalue weighted by atomic mass is 10.2. The van der Waals surface area contributed by atoms with Gasteiger partial charge in [0, 0.05) is 12.6 Å². The molecule has 1 saturated heterocycles. The maximum absolute atomic E-state index is 5.28. The van der Waals surface area contributed by atoms with Crippen molar-refractivity contribution in [3.63, 3.8) is 0 Å². The van der Waals surface area contributed by atoms with Crippen LogP contribution in [0.5, 0.6) is 0 Å². The first-order chi connectivity index (χ1) is 8.19. The Kier molecular flexibility index (Phi) is 4.27. The van der Waals surface area contributed by atoms with Crippen LogP contribution in [0.25, 0.3) is 0 Å². The molecule has 0 aromatic carbocycles. The number of nitrogens with two attached hydrogens (primary N) is 1. The standard InChI is InChI=1S/C10H20N6S/c1-15(6-8-4-3-5-16(8)2)7-9-13-14-10(12-11)17-9/h8H,3-7,11H2,1-2H3,(H,12,14). The van der Waals surface area contributed by atoms with E-state index in [1.165, 1.54) is 30.7 Å². The number of nitrogens with one attached hydrogen (secondary N) is 1. The lowest BCUT2D eigenvalue weighted by Gasteiger charge is -2.24. The van der Waals surface area contributed by atoms with E-state index in [0.29, 0.717) is 11.2 Å². The van der Waals surface area contributed by atoms with Crippen LogP contribution in [0.3, 0.4) is 0 Å². The van der Waals surface area contributed by atoms with Crippen molar-refractivity contribution in [1.29, 1.82) is 0 Å². The molecule has 17 heavy (non-hydrogen) atoms. The molecule has 1 atom stereocenters. The van der Waals surface area contributed by atoms with Crippen LogP contribution in [-0.4, -0.2) is 53.2 Å². The molecule has 0 saturated carbocycles. The van der Waals surface area contributed by atoms with Crippen molar-refractivity contribution in [2.24, 2.45) is 5.84 Å². The van der Waals surface area contributed by atoms with Gasteiger partial charge in [-0.1, -0.05) is 11.3 Å². The normalized spacial score (nSPS) is 21.3. The van der Waals surface area contributed by atoms with Crippen molar-refractivity contribution in [2.75, 3.05) is 32.6 Å². The molecule has 1 fully saturated rings. The molecule has 2 heterocycles. The summed E-state index contributed by atoms with van der Waals surface area (Å²) in [6, 6.07) is 0.681. The van der Waals surface area contributed by atoms with Crippen molar-refractivity contribution < 1.29 is 0 Å². The Morgan fingerprint density at radius 1 is 1.59 bits per heavy atom. The molecule has 0 spiro atoms. The quantitative estimate of drug-likeness (QED) is 0.585. The average molecular weight is 256 g/mol. The predicted molar refractivity (Wildman–Crippen MR) is 69.7 cm³/mol. The third-order valence-electron chi connectivity index (χ3n) is 3.19. The molecule has 3 N–H and O–H groups in total. The van der Waals surface area contributed by atoms with E-state index in [-0.39, 0.29) is 0 Å². The monoisotopic (exact) mass is 256 g/mol. The second-order valence-electron chi connectivity index (χ2n) is 4.62. The molecule has 6 nitrogen and oxygen atoms in total. The highest BCUT2D eigenvalue weighted by atomic mass is 32.1. The average Bonchev–Trinajstić information content (AvgIpc) is 2.89. The van der Waals surface area contributed by atoms with Gasteiger partial charge in [-0.15, -0.1) is 10.2 Å². The number of hydrazine groups is 1. The number of hydrogen-bond donors (Lipinski definition) is 2. The van der Waals surface area contributed by atoms with Crippen molar-refractivity contribution in [1.82, 2.24) is 20.0 Å². The number of anilines is 1. The molecular weight excluding hydrogens is 236 g/mol. The molecule has 1 aromatic heterocycles. The zero-order valence-electron chi connectivity index (χ0n) is 10.4. The molecule has 0 aliphatic carbocycles. The van der Waals surface area contributed by atoms with Gasteiger partial charge in [0.1, 0.15) is 5.01 Å². The lowest BCUT2D eigenvalue weighted by molar-refractivity contribution is 0.215. The molecule has 2 rings (SSSR count). The van der Waals surface area contributed by atoms with Gasteiger partial charge in [0.25, 0.3) is 0 Å². The van der Waals surface area contributed by atoms with Crippen molar-refractivity contribution in [3.8, 4) is 0 Å². The summed E-state index contributed by atoms with van der Waals surface area (Å²) in [5.74, 6) is 5.28. The van der Waals surface area contributed by atoms with Crippen LogP contribution in [0, 0.1) is 0 Å². The fourth-order valence-corrected chi connectivity index (χ4v) is 2.97. The summed E-state index contributed by atoms with van der Waals surface area (Å²) >= 11 is 1.51. The molecule has 1 aliphatic heterocycles. The number of likely N-dealkylation sites (N-methyl/N-ethyl adjacent to an activating group) is 2. The fourth-order valence-electron chi connectivity index (χ4n) is 2.24. The third kappa shape index (κ3) is 3.35. The van der Waals surface area contributed by atoms with Gasteiger partial charge in [-0.25, -0.2) is 5.84 Å². The van der Waals surface area contributed by atoms with E-state index >= 15 is 0 Å². The van der Waals surface area contributed by atoms with Crippen LogP contribution in [0.2, 0.25) is 0 Å². The minimum absolute atomic E-state index is 0.673. The van der Waals surface area contributed by atoms with Crippen LogP contribution < -0.4 is 11.3 Å².